The van der Waals surface area contributed by atoms with Gasteiger partial charge >= 0.3 is 0 Å². The number of nitrogens with zero attached hydrogens (tertiary/aromatic N) is 2. The lowest BCUT2D eigenvalue weighted by Crippen LogP contribution is -2.16. The van der Waals surface area contributed by atoms with Crippen molar-refractivity contribution in [3.05, 3.63) is 83.2 Å². The normalized spacial score (nSPS) is 11.0. The van der Waals surface area contributed by atoms with Crippen LogP contribution in [-0.4, -0.2) is 29.5 Å². The molecule has 1 aromatic heterocycles. The summed E-state index contributed by atoms with van der Waals surface area (Å²) < 4.78 is 2.17. The summed E-state index contributed by atoms with van der Waals surface area (Å²) in [5.74, 6) is -0.0938. The van der Waals surface area contributed by atoms with E-state index in [2.05, 4.69) is 40.8 Å². The molecule has 0 bridgehead atoms. The van der Waals surface area contributed by atoms with Crippen molar-refractivity contribution in [2.75, 3.05) is 19.4 Å². The second-order valence-electron chi connectivity index (χ2n) is 6.85. The Hall–Kier alpha value is -2.85. The molecule has 26 heavy (non-hydrogen) atoms. The van der Waals surface area contributed by atoms with Crippen molar-refractivity contribution in [1.82, 2.24) is 9.47 Å². The van der Waals surface area contributed by atoms with Gasteiger partial charge in [0.05, 0.1) is 0 Å². The Kier molecular flexibility index (Phi) is 5.24. The minimum absolute atomic E-state index is 0.0938. The van der Waals surface area contributed by atoms with Crippen LogP contribution in [0.2, 0.25) is 0 Å². The topological polar surface area (TPSA) is 37.3 Å². The molecule has 0 aliphatic rings. The molecular weight excluding hydrogens is 322 g/mol. The molecule has 0 saturated carbocycles. The van der Waals surface area contributed by atoms with Crippen LogP contribution in [0.5, 0.6) is 0 Å². The molecule has 4 heteroatoms. The first kappa shape index (κ1) is 18.0. The fraction of sp³-hybridized carbons (Fsp3) is 0.227. The number of hydrogen-bond acceptors (Lipinski definition) is 2. The number of carbonyl (C=O) groups is 1. The van der Waals surface area contributed by atoms with Crippen molar-refractivity contribution in [2.45, 2.75) is 20.4 Å². The minimum atomic E-state index is -0.0938. The molecule has 0 aliphatic heterocycles. The smallest absolute Gasteiger partial charge is 0.255 e. The van der Waals surface area contributed by atoms with E-state index in [9.17, 15) is 4.79 Å². The van der Waals surface area contributed by atoms with E-state index in [-0.39, 0.29) is 5.91 Å². The van der Waals surface area contributed by atoms with Crippen molar-refractivity contribution in [3.8, 4) is 5.69 Å². The third kappa shape index (κ3) is 3.86. The summed E-state index contributed by atoms with van der Waals surface area (Å²) in [7, 11) is 4.03. The lowest BCUT2D eigenvalue weighted by molar-refractivity contribution is 0.102. The largest absolute Gasteiger partial charge is 0.322 e. The molecule has 1 amide bonds. The Morgan fingerprint density at radius 1 is 0.923 bits per heavy atom. The van der Waals surface area contributed by atoms with Crippen molar-refractivity contribution in [1.29, 1.82) is 0 Å². The summed E-state index contributed by atoms with van der Waals surface area (Å²) in [5.41, 5.74) is 6.02. The SMILES string of the molecule is Cc1ccc(C)n1-c1ccc(C(=O)Nc2ccccc2CN(C)C)cc1. The van der Waals surface area contributed by atoms with E-state index in [0.29, 0.717) is 5.56 Å². The standard InChI is InChI=1S/C22H25N3O/c1-16-9-10-17(2)25(16)20-13-11-18(12-14-20)22(26)23-21-8-6-5-7-19(21)15-24(3)4/h5-14H,15H2,1-4H3,(H,23,26). The van der Waals surface area contributed by atoms with E-state index in [1.54, 1.807) is 0 Å². The summed E-state index contributed by atoms with van der Waals surface area (Å²) in [6, 6.07) is 19.8. The van der Waals surface area contributed by atoms with Gasteiger partial charge in [-0.15, -0.1) is 0 Å². The third-order valence-corrected chi connectivity index (χ3v) is 4.41. The Labute approximate surface area is 155 Å². The number of aryl methyl sites for hydroxylation is 2. The van der Waals surface area contributed by atoms with Crippen LogP contribution in [0.3, 0.4) is 0 Å². The van der Waals surface area contributed by atoms with Gasteiger partial charge in [-0.2, -0.15) is 0 Å². The van der Waals surface area contributed by atoms with Crippen molar-refractivity contribution in [2.24, 2.45) is 0 Å². The second-order valence-corrected chi connectivity index (χ2v) is 6.85. The first-order valence-corrected chi connectivity index (χ1v) is 8.75. The summed E-state index contributed by atoms with van der Waals surface area (Å²) in [4.78, 5) is 14.7. The predicted octanol–water partition coefficient (Wildman–Crippen LogP) is 4.41. The average molecular weight is 347 g/mol. The highest BCUT2D eigenvalue weighted by atomic mass is 16.1. The van der Waals surface area contributed by atoms with Crippen LogP contribution in [0.15, 0.2) is 60.7 Å². The predicted molar refractivity (Wildman–Crippen MR) is 107 cm³/mol. The second kappa shape index (κ2) is 7.58. The van der Waals surface area contributed by atoms with Crippen LogP contribution in [0, 0.1) is 13.8 Å². The number of nitrogens with one attached hydrogen (secondary N) is 1. The number of benzene rings is 2. The quantitative estimate of drug-likeness (QED) is 0.742. The van der Waals surface area contributed by atoms with E-state index >= 15 is 0 Å². The van der Waals surface area contributed by atoms with Gasteiger partial charge < -0.3 is 14.8 Å². The Bertz CT molecular complexity index is 888. The summed E-state index contributed by atoms with van der Waals surface area (Å²) >= 11 is 0. The van der Waals surface area contributed by atoms with E-state index in [0.717, 1.165) is 23.5 Å². The fourth-order valence-electron chi connectivity index (χ4n) is 3.15. The lowest BCUT2D eigenvalue weighted by atomic mass is 10.1. The van der Waals surface area contributed by atoms with Gasteiger partial charge in [-0.25, -0.2) is 0 Å². The summed E-state index contributed by atoms with van der Waals surface area (Å²) in [6.07, 6.45) is 0. The highest BCUT2D eigenvalue weighted by molar-refractivity contribution is 6.04. The summed E-state index contributed by atoms with van der Waals surface area (Å²) in [5, 5.41) is 3.04. The van der Waals surface area contributed by atoms with Gasteiger partial charge in [0.1, 0.15) is 0 Å². The zero-order valence-corrected chi connectivity index (χ0v) is 15.8. The van der Waals surface area contributed by atoms with Crippen LogP contribution in [0.1, 0.15) is 27.3 Å². The molecule has 134 valence electrons. The minimum Gasteiger partial charge on any atom is -0.322 e. The number of aromatic nitrogens is 1. The molecule has 0 spiro atoms. The van der Waals surface area contributed by atoms with Gasteiger partial charge in [0.15, 0.2) is 0 Å². The van der Waals surface area contributed by atoms with Crippen molar-refractivity contribution >= 4 is 11.6 Å². The van der Waals surface area contributed by atoms with Gasteiger partial charge in [-0.3, -0.25) is 4.79 Å². The van der Waals surface area contributed by atoms with Gasteiger partial charge in [0, 0.05) is 34.9 Å². The number of rotatable bonds is 5. The molecule has 4 nitrogen and oxygen atoms in total. The molecule has 0 unspecified atom stereocenters. The van der Waals surface area contributed by atoms with Gasteiger partial charge in [0.25, 0.3) is 5.91 Å². The van der Waals surface area contributed by atoms with Crippen LogP contribution in [0.25, 0.3) is 5.69 Å². The van der Waals surface area contributed by atoms with Crippen molar-refractivity contribution < 1.29 is 4.79 Å². The van der Waals surface area contributed by atoms with E-state index in [4.69, 9.17) is 0 Å². The number of anilines is 1. The fourth-order valence-corrected chi connectivity index (χ4v) is 3.15. The zero-order chi connectivity index (χ0) is 18.7. The number of carbonyl (C=O) groups excluding carboxylic acids is 1. The summed E-state index contributed by atoms with van der Waals surface area (Å²) in [6.45, 7) is 4.94. The molecule has 0 saturated heterocycles. The molecule has 0 fully saturated rings. The Balaban J connectivity index is 1.79. The number of para-hydroxylation sites is 1. The zero-order valence-electron chi connectivity index (χ0n) is 15.8. The van der Waals surface area contributed by atoms with Gasteiger partial charge in [-0.05, 0) is 76.0 Å². The third-order valence-electron chi connectivity index (χ3n) is 4.41. The van der Waals surface area contributed by atoms with E-state index in [1.165, 1.54) is 11.4 Å². The number of hydrogen-bond donors (Lipinski definition) is 1. The molecule has 1 N–H and O–H groups in total. The lowest BCUT2D eigenvalue weighted by Gasteiger charge is -2.15. The molecular formula is C22H25N3O. The van der Waals surface area contributed by atoms with Crippen LogP contribution < -0.4 is 5.32 Å². The molecule has 0 radical (unpaired) electrons. The molecule has 0 atom stereocenters. The molecule has 0 aliphatic carbocycles. The van der Waals surface area contributed by atoms with E-state index in [1.807, 2.05) is 62.6 Å². The maximum absolute atomic E-state index is 12.7. The molecule has 2 aromatic carbocycles. The van der Waals surface area contributed by atoms with Crippen LogP contribution in [-0.2, 0) is 6.54 Å². The van der Waals surface area contributed by atoms with Crippen LogP contribution >= 0.6 is 0 Å². The molecule has 3 rings (SSSR count). The Morgan fingerprint density at radius 2 is 1.54 bits per heavy atom. The molecule has 3 aromatic rings. The average Bonchev–Trinajstić information content (AvgIpc) is 2.95. The number of amides is 1. The Morgan fingerprint density at radius 3 is 2.15 bits per heavy atom. The highest BCUT2D eigenvalue weighted by Crippen LogP contribution is 2.19. The van der Waals surface area contributed by atoms with Crippen LogP contribution in [0.4, 0.5) is 5.69 Å². The molecule has 1 heterocycles. The highest BCUT2D eigenvalue weighted by Gasteiger charge is 2.10. The van der Waals surface area contributed by atoms with E-state index < -0.39 is 0 Å². The first-order chi connectivity index (χ1) is 12.5. The first-order valence-electron chi connectivity index (χ1n) is 8.75. The van der Waals surface area contributed by atoms with Gasteiger partial charge in [0.2, 0.25) is 0 Å². The maximum Gasteiger partial charge on any atom is 0.255 e. The van der Waals surface area contributed by atoms with Crippen molar-refractivity contribution in [3.63, 3.8) is 0 Å². The maximum atomic E-state index is 12.7. The monoisotopic (exact) mass is 347 g/mol. The van der Waals surface area contributed by atoms with Gasteiger partial charge in [-0.1, -0.05) is 18.2 Å².